The van der Waals surface area contributed by atoms with Crippen molar-refractivity contribution in [1.29, 1.82) is 0 Å². The number of hydrogen-bond donors (Lipinski definition) is 1. The molecule has 0 bridgehead atoms. The fourth-order valence-corrected chi connectivity index (χ4v) is 3.24. The minimum atomic E-state index is -0.872. The van der Waals surface area contributed by atoms with E-state index in [-0.39, 0.29) is 24.2 Å². The van der Waals surface area contributed by atoms with Crippen LogP contribution in [0.15, 0.2) is 18.2 Å². The SMILES string of the molecule is CC1CC(C(=O)O)CN(C(=O)c2ccc(F)cc2I)C1. The summed E-state index contributed by atoms with van der Waals surface area (Å²) >= 11 is 1.92. The summed E-state index contributed by atoms with van der Waals surface area (Å²) in [7, 11) is 0. The lowest BCUT2D eigenvalue weighted by Crippen LogP contribution is -2.45. The molecule has 1 heterocycles. The van der Waals surface area contributed by atoms with Gasteiger partial charge >= 0.3 is 5.97 Å². The fourth-order valence-electron chi connectivity index (χ4n) is 2.53. The van der Waals surface area contributed by atoms with Gasteiger partial charge in [0.25, 0.3) is 5.91 Å². The van der Waals surface area contributed by atoms with E-state index in [2.05, 4.69) is 0 Å². The highest BCUT2D eigenvalue weighted by Crippen LogP contribution is 2.24. The first-order chi connectivity index (χ1) is 9.38. The number of nitrogens with zero attached hydrogens (tertiary/aromatic N) is 1. The number of carbonyl (C=O) groups excluding carboxylic acids is 1. The van der Waals surface area contributed by atoms with Crippen LogP contribution in [0, 0.1) is 21.2 Å². The summed E-state index contributed by atoms with van der Waals surface area (Å²) in [6.45, 7) is 2.69. The van der Waals surface area contributed by atoms with Gasteiger partial charge in [-0.1, -0.05) is 6.92 Å². The normalized spacial score (nSPS) is 22.6. The second-order valence-corrected chi connectivity index (χ2v) is 6.37. The van der Waals surface area contributed by atoms with Crippen molar-refractivity contribution in [2.45, 2.75) is 13.3 Å². The second kappa shape index (κ2) is 6.07. The van der Waals surface area contributed by atoms with Crippen molar-refractivity contribution in [3.63, 3.8) is 0 Å². The number of amides is 1. The van der Waals surface area contributed by atoms with E-state index >= 15 is 0 Å². The molecule has 1 saturated heterocycles. The molecule has 0 aromatic heterocycles. The maximum absolute atomic E-state index is 13.1. The highest BCUT2D eigenvalue weighted by Gasteiger charge is 2.32. The first-order valence-electron chi connectivity index (χ1n) is 6.35. The number of likely N-dealkylation sites (tertiary alicyclic amines) is 1. The number of benzene rings is 1. The number of rotatable bonds is 2. The largest absolute Gasteiger partial charge is 0.481 e. The standard InChI is InChI=1S/C14H15FINO3/c1-8-4-9(14(19)20)7-17(6-8)13(18)11-3-2-10(15)5-12(11)16/h2-3,5,8-9H,4,6-7H2,1H3,(H,19,20). The van der Waals surface area contributed by atoms with E-state index in [1.165, 1.54) is 18.2 Å². The smallest absolute Gasteiger partial charge is 0.308 e. The minimum Gasteiger partial charge on any atom is -0.481 e. The number of carboxylic acids is 1. The molecule has 1 amide bonds. The molecule has 1 aromatic rings. The number of carboxylic acid groups (broad SMARTS) is 1. The Labute approximate surface area is 130 Å². The van der Waals surface area contributed by atoms with Crippen LogP contribution >= 0.6 is 22.6 Å². The van der Waals surface area contributed by atoms with Crippen LogP contribution in [0.3, 0.4) is 0 Å². The topological polar surface area (TPSA) is 57.6 Å². The lowest BCUT2D eigenvalue weighted by Gasteiger charge is -2.34. The van der Waals surface area contributed by atoms with Crippen molar-refractivity contribution in [3.8, 4) is 0 Å². The predicted octanol–water partition coefficient (Wildman–Crippen LogP) is 2.61. The third-order valence-corrected chi connectivity index (χ3v) is 4.35. The quantitative estimate of drug-likeness (QED) is 0.789. The van der Waals surface area contributed by atoms with Gasteiger partial charge in [0.05, 0.1) is 11.5 Å². The molecule has 20 heavy (non-hydrogen) atoms. The number of piperidine rings is 1. The number of hydrogen-bond acceptors (Lipinski definition) is 2. The molecule has 2 rings (SSSR count). The maximum Gasteiger partial charge on any atom is 0.308 e. The third-order valence-electron chi connectivity index (χ3n) is 3.46. The van der Waals surface area contributed by atoms with Crippen LogP contribution in [-0.2, 0) is 4.79 Å². The zero-order valence-electron chi connectivity index (χ0n) is 11.0. The van der Waals surface area contributed by atoms with Crippen molar-refractivity contribution < 1.29 is 19.1 Å². The van der Waals surface area contributed by atoms with Gasteiger partial charge in [-0.2, -0.15) is 0 Å². The molecule has 0 radical (unpaired) electrons. The van der Waals surface area contributed by atoms with E-state index in [4.69, 9.17) is 5.11 Å². The lowest BCUT2D eigenvalue weighted by atomic mass is 9.90. The van der Waals surface area contributed by atoms with Crippen molar-refractivity contribution in [1.82, 2.24) is 4.90 Å². The first-order valence-corrected chi connectivity index (χ1v) is 7.43. The van der Waals surface area contributed by atoms with E-state index < -0.39 is 11.9 Å². The minimum absolute atomic E-state index is 0.145. The van der Waals surface area contributed by atoms with Crippen molar-refractivity contribution in [2.75, 3.05) is 13.1 Å². The molecule has 0 spiro atoms. The van der Waals surface area contributed by atoms with Gasteiger partial charge in [0.15, 0.2) is 0 Å². The van der Waals surface area contributed by atoms with E-state index in [0.717, 1.165) is 0 Å². The maximum atomic E-state index is 13.1. The van der Waals surface area contributed by atoms with Gasteiger partial charge in [0.2, 0.25) is 0 Å². The average Bonchev–Trinajstić information content (AvgIpc) is 2.37. The fraction of sp³-hybridized carbons (Fsp3) is 0.429. The Morgan fingerprint density at radius 2 is 2.10 bits per heavy atom. The molecule has 1 aromatic carbocycles. The Morgan fingerprint density at radius 3 is 2.70 bits per heavy atom. The van der Waals surface area contributed by atoms with Crippen LogP contribution in [0.1, 0.15) is 23.7 Å². The summed E-state index contributed by atoms with van der Waals surface area (Å²) in [5, 5.41) is 9.13. The van der Waals surface area contributed by atoms with Crippen molar-refractivity contribution >= 4 is 34.5 Å². The van der Waals surface area contributed by atoms with Crippen LogP contribution in [0.4, 0.5) is 4.39 Å². The molecule has 1 aliphatic heterocycles. The van der Waals surface area contributed by atoms with Crippen LogP contribution in [0.5, 0.6) is 0 Å². The molecule has 4 nitrogen and oxygen atoms in total. The summed E-state index contributed by atoms with van der Waals surface area (Å²) < 4.78 is 13.6. The molecule has 6 heteroatoms. The van der Waals surface area contributed by atoms with Gasteiger partial charge in [-0.3, -0.25) is 9.59 Å². The molecule has 108 valence electrons. The first kappa shape index (κ1) is 15.2. The van der Waals surface area contributed by atoms with Crippen LogP contribution < -0.4 is 0 Å². The monoisotopic (exact) mass is 391 g/mol. The zero-order chi connectivity index (χ0) is 14.9. The summed E-state index contributed by atoms with van der Waals surface area (Å²) in [6.07, 6.45) is 0.583. The number of halogens is 2. The van der Waals surface area contributed by atoms with E-state index in [1.807, 2.05) is 29.5 Å². The van der Waals surface area contributed by atoms with Gasteiger partial charge in [-0.25, -0.2) is 4.39 Å². The molecule has 2 atom stereocenters. The van der Waals surface area contributed by atoms with Gasteiger partial charge in [0.1, 0.15) is 5.82 Å². The zero-order valence-corrected chi connectivity index (χ0v) is 13.1. The summed E-state index contributed by atoms with van der Waals surface area (Å²) in [6, 6.07) is 4.00. The molecule has 1 N–H and O–H groups in total. The Balaban J connectivity index is 2.21. The molecule has 0 saturated carbocycles. The molecule has 0 aliphatic carbocycles. The third kappa shape index (κ3) is 3.28. The Hall–Kier alpha value is -1.18. The molecular weight excluding hydrogens is 376 g/mol. The van der Waals surface area contributed by atoms with Crippen LogP contribution in [0.2, 0.25) is 0 Å². The number of carbonyl (C=O) groups is 2. The second-order valence-electron chi connectivity index (χ2n) is 5.21. The molecular formula is C14H15FINO3. The highest BCUT2D eigenvalue weighted by atomic mass is 127. The summed E-state index contributed by atoms with van der Waals surface area (Å²) in [5.41, 5.74) is 0.422. The van der Waals surface area contributed by atoms with Crippen LogP contribution in [-0.4, -0.2) is 35.0 Å². The predicted molar refractivity (Wildman–Crippen MR) is 79.9 cm³/mol. The van der Waals surface area contributed by atoms with Crippen molar-refractivity contribution in [3.05, 3.63) is 33.1 Å². The Kier molecular flexibility index (Phi) is 4.62. The van der Waals surface area contributed by atoms with E-state index in [9.17, 15) is 14.0 Å². The van der Waals surface area contributed by atoms with Gasteiger partial charge in [-0.15, -0.1) is 0 Å². The van der Waals surface area contributed by atoms with E-state index in [0.29, 0.717) is 22.1 Å². The molecule has 1 aliphatic rings. The average molecular weight is 391 g/mol. The van der Waals surface area contributed by atoms with Gasteiger partial charge in [-0.05, 0) is 53.1 Å². The summed E-state index contributed by atoms with van der Waals surface area (Å²) in [5.74, 6) is -1.87. The van der Waals surface area contributed by atoms with Crippen molar-refractivity contribution in [2.24, 2.45) is 11.8 Å². The Bertz CT molecular complexity index is 549. The van der Waals surface area contributed by atoms with Gasteiger partial charge in [0, 0.05) is 16.7 Å². The lowest BCUT2D eigenvalue weighted by molar-refractivity contribution is -0.143. The molecule has 2 unspecified atom stereocenters. The Morgan fingerprint density at radius 1 is 1.40 bits per heavy atom. The van der Waals surface area contributed by atoms with Gasteiger partial charge < -0.3 is 10.0 Å². The highest BCUT2D eigenvalue weighted by molar-refractivity contribution is 14.1. The molecule has 1 fully saturated rings. The number of aliphatic carboxylic acids is 1. The summed E-state index contributed by atoms with van der Waals surface area (Å²) in [4.78, 5) is 25.1. The van der Waals surface area contributed by atoms with Crippen LogP contribution in [0.25, 0.3) is 0 Å². The van der Waals surface area contributed by atoms with E-state index in [1.54, 1.807) is 4.90 Å².